The van der Waals surface area contributed by atoms with Crippen molar-refractivity contribution in [1.29, 1.82) is 0 Å². The van der Waals surface area contributed by atoms with Crippen molar-refractivity contribution < 1.29 is 4.74 Å². The zero-order valence-electron chi connectivity index (χ0n) is 11.0. The minimum Gasteiger partial charge on any atom is -0.494 e. The molecule has 1 aliphatic heterocycles. The van der Waals surface area contributed by atoms with Gasteiger partial charge in [0, 0.05) is 0 Å². The van der Waals surface area contributed by atoms with Crippen molar-refractivity contribution in [2.24, 2.45) is 11.8 Å². The van der Waals surface area contributed by atoms with Gasteiger partial charge in [0.05, 0.1) is 6.61 Å². The van der Waals surface area contributed by atoms with Crippen molar-refractivity contribution in [1.82, 2.24) is 0 Å². The highest BCUT2D eigenvalue weighted by Crippen LogP contribution is 2.34. The van der Waals surface area contributed by atoms with Gasteiger partial charge in [0.25, 0.3) is 0 Å². The van der Waals surface area contributed by atoms with E-state index in [0.29, 0.717) is 11.8 Å². The lowest BCUT2D eigenvalue weighted by Crippen LogP contribution is -2.21. The van der Waals surface area contributed by atoms with Crippen molar-refractivity contribution >= 4 is 0 Å². The van der Waals surface area contributed by atoms with Crippen LogP contribution in [0.25, 0.3) is 0 Å². The summed E-state index contributed by atoms with van der Waals surface area (Å²) >= 11 is 0. The summed E-state index contributed by atoms with van der Waals surface area (Å²) in [6.45, 7) is 13.7. The molecule has 0 aromatic rings. The molecule has 1 unspecified atom stereocenters. The van der Waals surface area contributed by atoms with Gasteiger partial charge in [-0.2, -0.15) is 0 Å². The van der Waals surface area contributed by atoms with Crippen LogP contribution in [0.4, 0.5) is 0 Å². The molecule has 90 valence electrons. The summed E-state index contributed by atoms with van der Waals surface area (Å²) in [4.78, 5) is 0. The van der Waals surface area contributed by atoms with Crippen LogP contribution in [-0.4, -0.2) is 6.61 Å². The van der Waals surface area contributed by atoms with Crippen molar-refractivity contribution in [3.63, 3.8) is 0 Å². The second-order valence-corrected chi connectivity index (χ2v) is 4.73. The van der Waals surface area contributed by atoms with Gasteiger partial charge in [0.2, 0.25) is 0 Å². The lowest BCUT2D eigenvalue weighted by molar-refractivity contribution is 0.154. The Hall–Kier alpha value is -0.980. The van der Waals surface area contributed by atoms with E-state index in [1.165, 1.54) is 11.1 Å². The Morgan fingerprint density at radius 3 is 2.75 bits per heavy atom. The monoisotopic (exact) mass is 220 g/mol. The molecule has 0 saturated carbocycles. The number of rotatable bonds is 3. The first-order valence-electron chi connectivity index (χ1n) is 6.29. The minimum absolute atomic E-state index is 0.600. The van der Waals surface area contributed by atoms with Crippen molar-refractivity contribution in [3.8, 4) is 0 Å². The third kappa shape index (κ3) is 3.01. The van der Waals surface area contributed by atoms with Gasteiger partial charge < -0.3 is 4.74 Å². The Balaban J connectivity index is 2.98. The first-order valence-corrected chi connectivity index (χ1v) is 6.29. The van der Waals surface area contributed by atoms with Crippen LogP contribution in [0.3, 0.4) is 0 Å². The fraction of sp³-hybridized carbons (Fsp3) is 0.600. The van der Waals surface area contributed by atoms with Gasteiger partial charge in [-0.3, -0.25) is 0 Å². The molecule has 1 heteroatoms. The van der Waals surface area contributed by atoms with Crippen LogP contribution in [0.2, 0.25) is 0 Å². The van der Waals surface area contributed by atoms with E-state index in [-0.39, 0.29) is 0 Å². The maximum absolute atomic E-state index is 5.57. The molecule has 0 amide bonds. The average Bonchev–Trinajstić information content (AvgIpc) is 2.27. The zero-order valence-corrected chi connectivity index (χ0v) is 11.0. The van der Waals surface area contributed by atoms with Crippen molar-refractivity contribution in [3.05, 3.63) is 35.6 Å². The Kier molecular flexibility index (Phi) is 4.85. The molecule has 0 spiro atoms. The van der Waals surface area contributed by atoms with Gasteiger partial charge in [-0.1, -0.05) is 45.1 Å². The molecule has 0 aromatic heterocycles. The standard InChI is InChI=1S/C15H24O/c1-6-13(7-2)10-15-12(5)16-9-8-14(15)11(3)4/h6,10-11,14H,5,7-9H2,1-4H3/b13-6-,15-10+. The zero-order chi connectivity index (χ0) is 12.1. The van der Waals surface area contributed by atoms with Gasteiger partial charge in [-0.25, -0.2) is 0 Å². The molecule has 1 heterocycles. The van der Waals surface area contributed by atoms with Gasteiger partial charge in [0.1, 0.15) is 5.76 Å². The highest BCUT2D eigenvalue weighted by molar-refractivity contribution is 5.35. The predicted octanol–water partition coefficient (Wildman–Crippen LogP) is 4.48. The Bertz CT molecular complexity index is 307. The van der Waals surface area contributed by atoms with Gasteiger partial charge in [0.15, 0.2) is 0 Å². The van der Waals surface area contributed by atoms with Gasteiger partial charge in [-0.05, 0) is 37.2 Å². The molecule has 1 fully saturated rings. The third-order valence-electron chi connectivity index (χ3n) is 3.35. The molecule has 0 aromatic carbocycles. The molecule has 16 heavy (non-hydrogen) atoms. The Morgan fingerprint density at radius 1 is 1.56 bits per heavy atom. The topological polar surface area (TPSA) is 9.23 Å². The highest BCUT2D eigenvalue weighted by Gasteiger charge is 2.25. The van der Waals surface area contributed by atoms with Gasteiger partial charge in [-0.15, -0.1) is 0 Å². The number of ether oxygens (including phenoxy) is 1. The SMILES string of the molecule is C=C1OCCC(C(C)C)/C1=C/C(=C\C)CC. The van der Waals surface area contributed by atoms with E-state index in [1.54, 1.807) is 0 Å². The van der Waals surface area contributed by atoms with Crippen LogP contribution < -0.4 is 0 Å². The summed E-state index contributed by atoms with van der Waals surface area (Å²) in [5.74, 6) is 2.13. The lowest BCUT2D eigenvalue weighted by Gasteiger charge is -2.30. The van der Waals surface area contributed by atoms with E-state index < -0.39 is 0 Å². The van der Waals surface area contributed by atoms with Crippen molar-refractivity contribution in [2.75, 3.05) is 6.61 Å². The summed E-state index contributed by atoms with van der Waals surface area (Å²) in [5.41, 5.74) is 2.67. The van der Waals surface area contributed by atoms with Crippen LogP contribution >= 0.6 is 0 Å². The second-order valence-electron chi connectivity index (χ2n) is 4.73. The smallest absolute Gasteiger partial charge is 0.115 e. The molecule has 1 rings (SSSR count). The molecule has 0 N–H and O–H groups in total. The molecular weight excluding hydrogens is 196 g/mol. The minimum atomic E-state index is 0.600. The third-order valence-corrected chi connectivity index (χ3v) is 3.35. The van der Waals surface area contributed by atoms with Crippen LogP contribution in [0, 0.1) is 11.8 Å². The normalized spacial score (nSPS) is 25.1. The van der Waals surface area contributed by atoms with Crippen LogP contribution in [0.1, 0.15) is 40.5 Å². The van der Waals surface area contributed by atoms with E-state index in [9.17, 15) is 0 Å². The molecule has 1 aliphatic rings. The first kappa shape index (κ1) is 13.1. The second kappa shape index (κ2) is 5.93. The van der Waals surface area contributed by atoms with Gasteiger partial charge >= 0.3 is 0 Å². The summed E-state index contributed by atoms with van der Waals surface area (Å²) in [5, 5.41) is 0. The maximum atomic E-state index is 5.57. The van der Waals surface area contributed by atoms with E-state index in [4.69, 9.17) is 4.74 Å². The maximum Gasteiger partial charge on any atom is 0.115 e. The molecule has 1 atom stereocenters. The quantitative estimate of drug-likeness (QED) is 0.681. The summed E-state index contributed by atoms with van der Waals surface area (Å²) in [6.07, 6.45) is 6.62. The molecular formula is C15H24O. The summed E-state index contributed by atoms with van der Waals surface area (Å²) < 4.78 is 5.57. The number of allylic oxidation sites excluding steroid dienone is 4. The van der Waals surface area contributed by atoms with Crippen molar-refractivity contribution in [2.45, 2.75) is 40.5 Å². The summed E-state index contributed by atoms with van der Waals surface area (Å²) in [6, 6.07) is 0. The Labute approximate surface area is 99.9 Å². The highest BCUT2D eigenvalue weighted by atomic mass is 16.5. The summed E-state index contributed by atoms with van der Waals surface area (Å²) in [7, 11) is 0. The molecule has 0 radical (unpaired) electrons. The number of hydrogen-bond donors (Lipinski definition) is 0. The largest absolute Gasteiger partial charge is 0.494 e. The Morgan fingerprint density at radius 2 is 2.25 bits per heavy atom. The fourth-order valence-electron chi connectivity index (χ4n) is 2.22. The van der Waals surface area contributed by atoms with E-state index in [0.717, 1.165) is 25.2 Å². The molecule has 1 nitrogen and oxygen atoms in total. The van der Waals surface area contributed by atoms with E-state index in [2.05, 4.69) is 46.4 Å². The molecule has 1 saturated heterocycles. The van der Waals surface area contributed by atoms with Crippen LogP contribution in [0.5, 0.6) is 0 Å². The fourth-order valence-corrected chi connectivity index (χ4v) is 2.22. The van der Waals surface area contributed by atoms with E-state index in [1.807, 2.05) is 0 Å². The average molecular weight is 220 g/mol. The predicted molar refractivity (Wildman–Crippen MR) is 70.2 cm³/mol. The lowest BCUT2D eigenvalue weighted by atomic mass is 9.82. The number of hydrogen-bond acceptors (Lipinski definition) is 1. The first-order chi connectivity index (χ1) is 7.60. The van der Waals surface area contributed by atoms with E-state index >= 15 is 0 Å². The molecule has 0 bridgehead atoms. The van der Waals surface area contributed by atoms with Crippen LogP contribution in [-0.2, 0) is 4.74 Å². The molecule has 0 aliphatic carbocycles. The van der Waals surface area contributed by atoms with Crippen LogP contribution in [0.15, 0.2) is 35.6 Å².